The molecule has 1 aliphatic heterocycles. The Bertz CT molecular complexity index is 961. The fourth-order valence-electron chi connectivity index (χ4n) is 3.83. The highest BCUT2D eigenvalue weighted by atomic mass is 16.5. The first-order valence-corrected chi connectivity index (χ1v) is 9.00. The van der Waals surface area contributed by atoms with Gasteiger partial charge in [-0.3, -0.25) is 9.88 Å². The van der Waals surface area contributed by atoms with Crippen LogP contribution >= 0.6 is 0 Å². The lowest BCUT2D eigenvalue weighted by Crippen LogP contribution is -2.32. The van der Waals surface area contributed by atoms with Crippen LogP contribution in [0.1, 0.15) is 32.7 Å². The van der Waals surface area contributed by atoms with Gasteiger partial charge in [-0.05, 0) is 42.2 Å². The number of fused-ring (bicyclic) bond motifs is 3. The number of aromatic nitrogens is 2. The fourth-order valence-corrected chi connectivity index (χ4v) is 3.83. The van der Waals surface area contributed by atoms with Crippen LogP contribution in [0, 0.1) is 6.92 Å². The Hall–Kier alpha value is -2.66. The van der Waals surface area contributed by atoms with E-state index in [-0.39, 0.29) is 5.97 Å². The van der Waals surface area contributed by atoms with Crippen molar-refractivity contribution in [3.63, 3.8) is 0 Å². The number of aromatic amines is 1. The number of rotatable bonds is 4. The largest absolute Gasteiger partial charge is 0.465 e. The average molecular weight is 349 g/mol. The first-order chi connectivity index (χ1) is 12.7. The predicted molar refractivity (Wildman–Crippen MR) is 101 cm³/mol. The van der Waals surface area contributed by atoms with E-state index in [2.05, 4.69) is 33.9 Å². The average Bonchev–Trinajstić information content (AvgIpc) is 3.05. The van der Waals surface area contributed by atoms with Crippen LogP contribution < -0.4 is 0 Å². The van der Waals surface area contributed by atoms with Crippen molar-refractivity contribution in [1.29, 1.82) is 0 Å². The summed E-state index contributed by atoms with van der Waals surface area (Å²) < 4.78 is 4.92. The van der Waals surface area contributed by atoms with Crippen LogP contribution in [0.2, 0.25) is 0 Å². The SMILES string of the molecule is COC(=O)c1cccc2c3c([nH]c12)CCN(CCc1ccncc1C)C3. The van der Waals surface area contributed by atoms with Gasteiger partial charge in [0.2, 0.25) is 0 Å². The Labute approximate surface area is 153 Å². The maximum absolute atomic E-state index is 12.0. The summed E-state index contributed by atoms with van der Waals surface area (Å²) in [6, 6.07) is 7.95. The van der Waals surface area contributed by atoms with Crippen molar-refractivity contribution >= 4 is 16.9 Å². The molecule has 3 aromatic rings. The number of nitrogens with zero attached hydrogens (tertiary/aromatic N) is 2. The zero-order valence-electron chi connectivity index (χ0n) is 15.2. The summed E-state index contributed by atoms with van der Waals surface area (Å²) in [5.74, 6) is -0.292. The summed E-state index contributed by atoms with van der Waals surface area (Å²) in [6.07, 6.45) is 5.79. The van der Waals surface area contributed by atoms with Gasteiger partial charge in [-0.25, -0.2) is 4.79 Å². The van der Waals surface area contributed by atoms with Crippen molar-refractivity contribution in [2.24, 2.45) is 0 Å². The Balaban J connectivity index is 1.57. The monoisotopic (exact) mass is 349 g/mol. The molecule has 0 spiro atoms. The Morgan fingerprint density at radius 2 is 2.23 bits per heavy atom. The quantitative estimate of drug-likeness (QED) is 0.735. The number of hydrogen-bond donors (Lipinski definition) is 1. The number of aryl methyl sites for hydroxylation is 1. The molecule has 4 rings (SSSR count). The van der Waals surface area contributed by atoms with E-state index in [1.54, 1.807) is 0 Å². The van der Waals surface area contributed by atoms with Gasteiger partial charge < -0.3 is 9.72 Å². The molecule has 1 aliphatic rings. The van der Waals surface area contributed by atoms with Crippen molar-refractivity contribution in [3.05, 3.63) is 64.6 Å². The van der Waals surface area contributed by atoms with Gasteiger partial charge in [0, 0.05) is 49.5 Å². The molecule has 1 aromatic carbocycles. The molecule has 0 amide bonds. The van der Waals surface area contributed by atoms with Crippen molar-refractivity contribution in [1.82, 2.24) is 14.9 Å². The Morgan fingerprint density at radius 1 is 1.35 bits per heavy atom. The Morgan fingerprint density at radius 3 is 3.04 bits per heavy atom. The minimum Gasteiger partial charge on any atom is -0.465 e. The molecule has 0 aliphatic carbocycles. The lowest BCUT2D eigenvalue weighted by Gasteiger charge is -2.27. The van der Waals surface area contributed by atoms with Gasteiger partial charge in [-0.1, -0.05) is 12.1 Å². The first-order valence-electron chi connectivity index (χ1n) is 9.00. The van der Waals surface area contributed by atoms with Gasteiger partial charge in [-0.15, -0.1) is 0 Å². The Kier molecular flexibility index (Phi) is 4.47. The predicted octanol–water partition coefficient (Wildman–Crippen LogP) is 3.26. The van der Waals surface area contributed by atoms with E-state index in [0.29, 0.717) is 5.56 Å². The summed E-state index contributed by atoms with van der Waals surface area (Å²) in [5.41, 5.74) is 6.67. The second-order valence-electron chi connectivity index (χ2n) is 6.88. The molecule has 0 radical (unpaired) electrons. The van der Waals surface area contributed by atoms with E-state index in [0.717, 1.165) is 43.4 Å². The van der Waals surface area contributed by atoms with Crippen LogP contribution in [0.3, 0.4) is 0 Å². The van der Waals surface area contributed by atoms with Crippen LogP contribution in [-0.4, -0.2) is 41.0 Å². The number of benzene rings is 1. The summed E-state index contributed by atoms with van der Waals surface area (Å²) in [5, 5.41) is 1.13. The van der Waals surface area contributed by atoms with Gasteiger partial charge in [0.05, 0.1) is 18.2 Å². The summed E-state index contributed by atoms with van der Waals surface area (Å²) in [6.45, 7) is 5.07. The third-order valence-electron chi connectivity index (χ3n) is 5.33. The molecule has 3 heterocycles. The van der Waals surface area contributed by atoms with Crippen LogP contribution in [-0.2, 0) is 24.1 Å². The highest BCUT2D eigenvalue weighted by molar-refractivity contribution is 6.04. The summed E-state index contributed by atoms with van der Waals surface area (Å²) in [7, 11) is 1.42. The number of pyridine rings is 1. The zero-order valence-corrected chi connectivity index (χ0v) is 15.2. The number of para-hydroxylation sites is 1. The number of H-pyrrole nitrogens is 1. The highest BCUT2D eigenvalue weighted by Crippen LogP contribution is 2.30. The maximum atomic E-state index is 12.0. The summed E-state index contributed by atoms with van der Waals surface area (Å²) in [4.78, 5) is 22.2. The molecule has 5 heteroatoms. The minimum atomic E-state index is -0.292. The fraction of sp³-hybridized carbons (Fsp3) is 0.333. The number of nitrogens with one attached hydrogen (secondary N) is 1. The van der Waals surface area contributed by atoms with Crippen molar-refractivity contribution in [2.75, 3.05) is 20.2 Å². The molecule has 134 valence electrons. The van der Waals surface area contributed by atoms with Crippen LogP contribution in [0.15, 0.2) is 36.7 Å². The number of hydrogen-bond acceptors (Lipinski definition) is 4. The first kappa shape index (κ1) is 16.8. The van der Waals surface area contributed by atoms with E-state index in [4.69, 9.17) is 4.74 Å². The topological polar surface area (TPSA) is 58.2 Å². The molecule has 0 saturated heterocycles. The molecule has 1 N–H and O–H groups in total. The molecule has 0 saturated carbocycles. The molecule has 2 aromatic heterocycles. The zero-order chi connectivity index (χ0) is 18.1. The summed E-state index contributed by atoms with van der Waals surface area (Å²) >= 11 is 0. The smallest absolute Gasteiger partial charge is 0.339 e. The highest BCUT2D eigenvalue weighted by Gasteiger charge is 2.23. The third-order valence-corrected chi connectivity index (χ3v) is 5.33. The standard InChI is InChI=1S/C21H23N3O2/c1-14-12-22-9-6-15(14)7-10-24-11-8-19-18(13-24)16-4-3-5-17(20(16)23-19)21(25)26-2/h3-6,9,12,23H,7-8,10-11,13H2,1-2H3. The van der Waals surface area contributed by atoms with E-state index in [9.17, 15) is 4.79 Å². The minimum absolute atomic E-state index is 0.292. The lowest BCUT2D eigenvalue weighted by molar-refractivity contribution is 0.0603. The number of carbonyl (C=O) groups is 1. The molecule has 0 bridgehead atoms. The van der Waals surface area contributed by atoms with E-state index in [1.807, 2.05) is 24.5 Å². The second kappa shape index (κ2) is 6.92. The lowest BCUT2D eigenvalue weighted by atomic mass is 10.0. The normalized spacial score (nSPS) is 14.4. The molecule has 26 heavy (non-hydrogen) atoms. The molecular weight excluding hydrogens is 326 g/mol. The molecular formula is C21H23N3O2. The van der Waals surface area contributed by atoms with Gasteiger partial charge in [0.15, 0.2) is 0 Å². The van der Waals surface area contributed by atoms with Crippen LogP contribution in [0.4, 0.5) is 0 Å². The van der Waals surface area contributed by atoms with Gasteiger partial charge in [-0.2, -0.15) is 0 Å². The van der Waals surface area contributed by atoms with Crippen LogP contribution in [0.5, 0.6) is 0 Å². The third kappa shape index (κ3) is 2.99. The van der Waals surface area contributed by atoms with Gasteiger partial charge in [0.25, 0.3) is 0 Å². The maximum Gasteiger partial charge on any atom is 0.339 e. The second-order valence-corrected chi connectivity index (χ2v) is 6.88. The molecule has 0 fully saturated rings. The molecule has 0 unspecified atom stereocenters. The van der Waals surface area contributed by atoms with Crippen molar-refractivity contribution < 1.29 is 9.53 Å². The number of ether oxygens (including phenoxy) is 1. The van der Waals surface area contributed by atoms with Gasteiger partial charge in [0.1, 0.15) is 0 Å². The number of carbonyl (C=O) groups excluding carboxylic acids is 1. The van der Waals surface area contributed by atoms with Gasteiger partial charge >= 0.3 is 5.97 Å². The number of methoxy groups -OCH3 is 1. The van der Waals surface area contributed by atoms with Crippen molar-refractivity contribution in [3.8, 4) is 0 Å². The molecule has 5 nitrogen and oxygen atoms in total. The van der Waals surface area contributed by atoms with E-state index >= 15 is 0 Å². The van der Waals surface area contributed by atoms with E-state index in [1.165, 1.54) is 29.5 Å². The number of esters is 1. The molecule has 0 atom stereocenters. The van der Waals surface area contributed by atoms with Crippen LogP contribution in [0.25, 0.3) is 10.9 Å². The van der Waals surface area contributed by atoms with Crippen molar-refractivity contribution in [2.45, 2.75) is 26.3 Å². The van der Waals surface area contributed by atoms with E-state index < -0.39 is 0 Å².